The van der Waals surface area contributed by atoms with Crippen LogP contribution in [-0.4, -0.2) is 9.97 Å². The molecule has 4 rings (SSSR count). The van der Waals surface area contributed by atoms with E-state index in [0.717, 1.165) is 21.8 Å². The topological polar surface area (TPSA) is 25.8 Å². The van der Waals surface area contributed by atoms with Gasteiger partial charge in [-0.2, -0.15) is 0 Å². The number of rotatable bonds is 3. The van der Waals surface area contributed by atoms with Gasteiger partial charge in [-0.15, -0.1) is 23.1 Å². The summed E-state index contributed by atoms with van der Waals surface area (Å²) < 4.78 is 1.25. The minimum atomic E-state index is 0.884. The Hall–Kier alpha value is -1.91. The molecule has 0 aliphatic rings. The van der Waals surface area contributed by atoms with Gasteiger partial charge in [-0.3, -0.25) is 4.98 Å². The lowest BCUT2D eigenvalue weighted by Gasteiger charge is -2.03. The lowest BCUT2D eigenvalue weighted by atomic mass is 10.2. The summed E-state index contributed by atoms with van der Waals surface area (Å²) in [4.78, 5) is 10.4. The quantitative estimate of drug-likeness (QED) is 0.490. The van der Waals surface area contributed by atoms with Crippen LogP contribution in [0.25, 0.3) is 21.1 Å². The standard InChI is InChI=1S/C17H12N2S2/c1-2-8-14-13(7-1)19-16(21-14)11-20-15-9-3-5-12-6-4-10-18-17(12)15/h1-10H,11H2. The van der Waals surface area contributed by atoms with E-state index in [9.17, 15) is 0 Å². The zero-order chi connectivity index (χ0) is 14.1. The molecule has 0 aliphatic heterocycles. The maximum atomic E-state index is 4.69. The first-order valence-electron chi connectivity index (χ1n) is 6.71. The van der Waals surface area contributed by atoms with Crippen molar-refractivity contribution < 1.29 is 0 Å². The normalized spacial score (nSPS) is 11.2. The van der Waals surface area contributed by atoms with Gasteiger partial charge in [0.15, 0.2) is 0 Å². The third kappa shape index (κ3) is 2.52. The molecule has 2 aromatic carbocycles. The lowest BCUT2D eigenvalue weighted by molar-refractivity contribution is 1.30. The molecule has 0 saturated carbocycles. The predicted octanol–water partition coefficient (Wildman–Crippen LogP) is 5.14. The smallest absolute Gasteiger partial charge is 0.104 e. The van der Waals surface area contributed by atoms with E-state index in [1.807, 2.05) is 18.3 Å². The summed E-state index contributed by atoms with van der Waals surface area (Å²) in [5.41, 5.74) is 2.17. The van der Waals surface area contributed by atoms with Gasteiger partial charge in [-0.05, 0) is 24.3 Å². The molecule has 0 N–H and O–H groups in total. The van der Waals surface area contributed by atoms with E-state index in [0.29, 0.717) is 0 Å². The highest BCUT2D eigenvalue weighted by atomic mass is 32.2. The molecule has 0 saturated heterocycles. The first-order chi connectivity index (χ1) is 10.4. The number of para-hydroxylation sites is 2. The third-order valence-electron chi connectivity index (χ3n) is 3.29. The number of nitrogens with zero attached hydrogens (tertiary/aromatic N) is 2. The van der Waals surface area contributed by atoms with Crippen LogP contribution in [0.1, 0.15) is 5.01 Å². The second kappa shape index (κ2) is 5.47. The Morgan fingerprint density at radius 3 is 2.81 bits per heavy atom. The van der Waals surface area contributed by atoms with Crippen molar-refractivity contribution in [3.05, 3.63) is 65.8 Å². The average molecular weight is 308 g/mol. The van der Waals surface area contributed by atoms with E-state index in [1.54, 1.807) is 23.1 Å². The Labute approximate surface area is 130 Å². The molecule has 21 heavy (non-hydrogen) atoms. The maximum absolute atomic E-state index is 4.69. The number of hydrogen-bond donors (Lipinski definition) is 0. The van der Waals surface area contributed by atoms with Gasteiger partial charge in [0.25, 0.3) is 0 Å². The molecule has 4 heteroatoms. The fourth-order valence-electron chi connectivity index (χ4n) is 2.31. The SMILES string of the molecule is c1cnc2c(SCc3nc4ccccc4s3)cccc2c1. The molecule has 0 radical (unpaired) electrons. The summed E-state index contributed by atoms with van der Waals surface area (Å²) >= 11 is 3.57. The van der Waals surface area contributed by atoms with Crippen molar-refractivity contribution in [3.63, 3.8) is 0 Å². The average Bonchev–Trinajstić information content (AvgIpc) is 2.96. The van der Waals surface area contributed by atoms with Crippen molar-refractivity contribution in [1.29, 1.82) is 0 Å². The van der Waals surface area contributed by atoms with E-state index >= 15 is 0 Å². The number of hydrogen-bond acceptors (Lipinski definition) is 4. The van der Waals surface area contributed by atoms with Gasteiger partial charge in [-0.25, -0.2) is 4.98 Å². The summed E-state index contributed by atoms with van der Waals surface area (Å²) in [5, 5.41) is 2.35. The highest BCUT2D eigenvalue weighted by molar-refractivity contribution is 7.98. The Bertz CT molecular complexity index is 876. The summed E-state index contributed by atoms with van der Waals surface area (Å²) in [6, 6.07) is 18.7. The lowest BCUT2D eigenvalue weighted by Crippen LogP contribution is -1.83. The number of pyridine rings is 1. The van der Waals surface area contributed by atoms with Gasteiger partial charge in [-0.1, -0.05) is 30.3 Å². The molecule has 4 aromatic rings. The molecule has 0 amide bonds. The molecule has 0 unspecified atom stereocenters. The van der Waals surface area contributed by atoms with Gasteiger partial charge in [0.1, 0.15) is 5.01 Å². The van der Waals surface area contributed by atoms with Crippen LogP contribution in [0.5, 0.6) is 0 Å². The van der Waals surface area contributed by atoms with Crippen LogP contribution >= 0.6 is 23.1 Å². The van der Waals surface area contributed by atoms with Gasteiger partial charge in [0, 0.05) is 16.5 Å². The molecule has 0 spiro atoms. The second-order valence-corrected chi connectivity index (χ2v) is 6.83. The number of thioether (sulfide) groups is 1. The predicted molar refractivity (Wildman–Crippen MR) is 90.9 cm³/mol. The fourth-order valence-corrected chi connectivity index (χ4v) is 4.31. The van der Waals surface area contributed by atoms with Crippen LogP contribution in [0.2, 0.25) is 0 Å². The minimum Gasteiger partial charge on any atom is -0.255 e. The molecular formula is C17H12N2S2. The fraction of sp³-hybridized carbons (Fsp3) is 0.0588. The molecule has 2 aromatic heterocycles. The largest absolute Gasteiger partial charge is 0.255 e. The van der Waals surface area contributed by atoms with Crippen molar-refractivity contribution in [2.45, 2.75) is 10.6 Å². The monoisotopic (exact) mass is 308 g/mol. The van der Waals surface area contributed by atoms with Gasteiger partial charge >= 0.3 is 0 Å². The highest BCUT2D eigenvalue weighted by Crippen LogP contribution is 2.31. The first-order valence-corrected chi connectivity index (χ1v) is 8.51. The number of thiazole rings is 1. The molecule has 0 bridgehead atoms. The van der Waals surface area contributed by atoms with E-state index in [1.165, 1.54) is 15.0 Å². The van der Waals surface area contributed by atoms with E-state index in [2.05, 4.69) is 52.4 Å². The molecule has 0 fully saturated rings. The first kappa shape index (κ1) is 12.8. The molecule has 102 valence electrons. The van der Waals surface area contributed by atoms with Crippen molar-refractivity contribution in [3.8, 4) is 0 Å². The van der Waals surface area contributed by atoms with Crippen LogP contribution in [-0.2, 0) is 5.75 Å². The molecule has 0 atom stereocenters. The molecule has 2 heterocycles. The van der Waals surface area contributed by atoms with E-state index < -0.39 is 0 Å². The van der Waals surface area contributed by atoms with Crippen LogP contribution in [0.3, 0.4) is 0 Å². The highest BCUT2D eigenvalue weighted by Gasteiger charge is 2.06. The van der Waals surface area contributed by atoms with Crippen LogP contribution < -0.4 is 0 Å². The molecule has 2 nitrogen and oxygen atoms in total. The summed E-state index contributed by atoms with van der Waals surface area (Å²) in [6.07, 6.45) is 1.85. The molecule has 0 aliphatic carbocycles. The molecular weight excluding hydrogens is 296 g/mol. The van der Waals surface area contributed by atoms with E-state index in [-0.39, 0.29) is 0 Å². The summed E-state index contributed by atoms with van der Waals surface area (Å²) in [7, 11) is 0. The maximum Gasteiger partial charge on any atom is 0.104 e. The van der Waals surface area contributed by atoms with E-state index in [4.69, 9.17) is 0 Å². The van der Waals surface area contributed by atoms with Crippen LogP contribution in [0.15, 0.2) is 65.7 Å². The van der Waals surface area contributed by atoms with Crippen molar-refractivity contribution >= 4 is 44.2 Å². The Kier molecular flexibility index (Phi) is 3.33. The summed E-state index contributed by atoms with van der Waals surface area (Å²) in [6.45, 7) is 0. The Balaban J connectivity index is 1.63. The Morgan fingerprint density at radius 1 is 0.952 bits per heavy atom. The second-order valence-electron chi connectivity index (χ2n) is 4.70. The minimum absolute atomic E-state index is 0.884. The number of benzene rings is 2. The van der Waals surface area contributed by atoms with Crippen molar-refractivity contribution in [1.82, 2.24) is 9.97 Å². The van der Waals surface area contributed by atoms with Gasteiger partial charge in [0.05, 0.1) is 21.5 Å². The number of aromatic nitrogens is 2. The van der Waals surface area contributed by atoms with Crippen molar-refractivity contribution in [2.75, 3.05) is 0 Å². The van der Waals surface area contributed by atoms with Gasteiger partial charge < -0.3 is 0 Å². The van der Waals surface area contributed by atoms with Crippen molar-refractivity contribution in [2.24, 2.45) is 0 Å². The van der Waals surface area contributed by atoms with Crippen LogP contribution in [0, 0.1) is 0 Å². The van der Waals surface area contributed by atoms with Gasteiger partial charge in [0.2, 0.25) is 0 Å². The summed E-state index contributed by atoms with van der Waals surface area (Å²) in [5.74, 6) is 0.884. The Morgan fingerprint density at radius 2 is 1.86 bits per heavy atom. The zero-order valence-corrected chi connectivity index (χ0v) is 12.8. The van der Waals surface area contributed by atoms with Crippen LogP contribution in [0.4, 0.5) is 0 Å². The third-order valence-corrected chi connectivity index (χ3v) is 5.56. The zero-order valence-electron chi connectivity index (χ0n) is 11.2. The number of fused-ring (bicyclic) bond motifs is 2.